The van der Waals surface area contributed by atoms with Gasteiger partial charge in [-0.1, -0.05) is 0 Å². The normalized spacial score (nSPS) is 16.6. The Balaban J connectivity index is 2.44. The number of carboxylic acids is 1. The van der Waals surface area contributed by atoms with E-state index in [1.807, 2.05) is 13.8 Å². The molecular formula is C16H28N2O5. The Morgan fingerprint density at radius 1 is 1.13 bits per heavy atom. The first kappa shape index (κ1) is 19.4. The summed E-state index contributed by atoms with van der Waals surface area (Å²) in [6.45, 7) is 6.10. The summed E-state index contributed by atoms with van der Waals surface area (Å²) in [5.74, 6) is -1.07. The van der Waals surface area contributed by atoms with Crippen molar-refractivity contribution in [1.82, 2.24) is 10.2 Å². The second kappa shape index (κ2) is 9.50. The van der Waals surface area contributed by atoms with Crippen LogP contribution in [0, 0.1) is 0 Å². The van der Waals surface area contributed by atoms with Gasteiger partial charge in [0.15, 0.2) is 0 Å². The summed E-state index contributed by atoms with van der Waals surface area (Å²) in [6, 6.07) is 0. The van der Waals surface area contributed by atoms with Gasteiger partial charge in [0.05, 0.1) is 12.0 Å². The average molecular weight is 328 g/mol. The maximum atomic E-state index is 12.1. The number of carbonyl (C=O) groups excluding carboxylic acids is 2. The van der Waals surface area contributed by atoms with Gasteiger partial charge in [0.1, 0.15) is 0 Å². The summed E-state index contributed by atoms with van der Waals surface area (Å²) in [5, 5.41) is 11.9. The lowest BCUT2D eigenvalue weighted by molar-refractivity contribution is -0.140. The number of rotatable bonds is 9. The van der Waals surface area contributed by atoms with Gasteiger partial charge < -0.3 is 20.1 Å². The van der Waals surface area contributed by atoms with Crippen molar-refractivity contribution in [3.63, 3.8) is 0 Å². The quantitative estimate of drug-likeness (QED) is 0.662. The molecule has 1 aliphatic heterocycles. The fourth-order valence-corrected chi connectivity index (χ4v) is 2.89. The zero-order chi connectivity index (χ0) is 17.3. The van der Waals surface area contributed by atoms with Crippen LogP contribution in [0.15, 0.2) is 0 Å². The van der Waals surface area contributed by atoms with Gasteiger partial charge in [-0.2, -0.15) is 0 Å². The molecule has 23 heavy (non-hydrogen) atoms. The van der Waals surface area contributed by atoms with Gasteiger partial charge in [-0.05, 0) is 33.1 Å². The van der Waals surface area contributed by atoms with E-state index in [0.29, 0.717) is 52.0 Å². The molecule has 0 aromatic rings. The first-order valence-electron chi connectivity index (χ1n) is 8.30. The molecule has 0 aromatic carbocycles. The molecule has 1 aliphatic rings. The summed E-state index contributed by atoms with van der Waals surface area (Å²) in [5.41, 5.74) is -0.718. The van der Waals surface area contributed by atoms with Crippen LogP contribution in [0.2, 0.25) is 0 Å². The molecule has 132 valence electrons. The van der Waals surface area contributed by atoms with Crippen LogP contribution in [0.1, 0.15) is 52.4 Å². The molecule has 0 radical (unpaired) electrons. The Bertz CT molecular complexity index is 415. The molecule has 0 aromatic heterocycles. The zero-order valence-corrected chi connectivity index (χ0v) is 14.1. The van der Waals surface area contributed by atoms with E-state index in [4.69, 9.17) is 9.84 Å². The highest BCUT2D eigenvalue weighted by atomic mass is 16.5. The summed E-state index contributed by atoms with van der Waals surface area (Å²) in [6.07, 6.45) is 1.95. The molecule has 0 aliphatic carbocycles. The number of hydrogen-bond donors (Lipinski definition) is 2. The minimum Gasteiger partial charge on any atom is -0.481 e. The lowest BCUT2D eigenvalue weighted by Gasteiger charge is -2.36. The average Bonchev–Trinajstić information content (AvgIpc) is 2.48. The minimum absolute atomic E-state index is 0.0501. The molecule has 1 fully saturated rings. The molecule has 1 rings (SSSR count). The molecule has 2 N–H and O–H groups in total. The molecule has 1 heterocycles. The van der Waals surface area contributed by atoms with E-state index in [-0.39, 0.29) is 24.7 Å². The Morgan fingerprint density at radius 2 is 1.74 bits per heavy atom. The molecule has 0 saturated carbocycles. The molecule has 0 bridgehead atoms. The molecule has 2 amide bonds. The van der Waals surface area contributed by atoms with Crippen LogP contribution < -0.4 is 5.32 Å². The molecule has 0 spiro atoms. The van der Waals surface area contributed by atoms with Gasteiger partial charge in [0, 0.05) is 39.1 Å². The smallest absolute Gasteiger partial charge is 0.305 e. The Morgan fingerprint density at radius 3 is 2.26 bits per heavy atom. The number of aliphatic carboxylic acids is 1. The Hall–Kier alpha value is -1.63. The third kappa shape index (κ3) is 6.56. The van der Waals surface area contributed by atoms with Gasteiger partial charge in [0.2, 0.25) is 11.8 Å². The zero-order valence-electron chi connectivity index (χ0n) is 14.1. The summed E-state index contributed by atoms with van der Waals surface area (Å²) in [4.78, 5) is 36.8. The van der Waals surface area contributed by atoms with Crippen molar-refractivity contribution in [2.45, 2.75) is 57.9 Å². The van der Waals surface area contributed by atoms with Crippen molar-refractivity contribution in [1.29, 1.82) is 0 Å². The van der Waals surface area contributed by atoms with Gasteiger partial charge in [-0.3, -0.25) is 14.4 Å². The highest BCUT2D eigenvalue weighted by Crippen LogP contribution is 2.25. The second-order valence-corrected chi connectivity index (χ2v) is 5.93. The number of carbonyl (C=O) groups is 3. The lowest BCUT2D eigenvalue weighted by atomic mass is 9.86. The van der Waals surface area contributed by atoms with E-state index in [9.17, 15) is 14.4 Å². The number of amides is 2. The predicted octanol–water partition coefficient (Wildman–Crippen LogP) is 1.17. The monoisotopic (exact) mass is 328 g/mol. The van der Waals surface area contributed by atoms with E-state index in [2.05, 4.69) is 5.32 Å². The largest absolute Gasteiger partial charge is 0.481 e. The summed E-state index contributed by atoms with van der Waals surface area (Å²) in [7, 11) is 0. The topological polar surface area (TPSA) is 95.9 Å². The SMILES string of the molecule is CCN(CC)C(=O)CCCC(=O)NC1(CC(=O)O)CCOCC1. The van der Waals surface area contributed by atoms with E-state index in [0.717, 1.165) is 0 Å². The maximum absolute atomic E-state index is 12.1. The lowest BCUT2D eigenvalue weighted by Crippen LogP contribution is -2.53. The van der Waals surface area contributed by atoms with Crippen molar-refractivity contribution in [3.8, 4) is 0 Å². The van der Waals surface area contributed by atoms with Crippen LogP contribution in [0.25, 0.3) is 0 Å². The van der Waals surface area contributed by atoms with Crippen molar-refractivity contribution in [3.05, 3.63) is 0 Å². The summed E-state index contributed by atoms with van der Waals surface area (Å²) >= 11 is 0. The van der Waals surface area contributed by atoms with Crippen LogP contribution in [-0.2, 0) is 19.1 Å². The molecule has 0 atom stereocenters. The van der Waals surface area contributed by atoms with E-state index in [1.165, 1.54) is 0 Å². The van der Waals surface area contributed by atoms with Crippen LogP contribution in [-0.4, -0.2) is 59.6 Å². The van der Waals surface area contributed by atoms with Gasteiger partial charge in [-0.15, -0.1) is 0 Å². The second-order valence-electron chi connectivity index (χ2n) is 5.93. The fraction of sp³-hybridized carbons (Fsp3) is 0.812. The highest BCUT2D eigenvalue weighted by molar-refractivity contribution is 5.80. The predicted molar refractivity (Wildman–Crippen MR) is 85.0 cm³/mol. The van der Waals surface area contributed by atoms with Crippen LogP contribution in [0.5, 0.6) is 0 Å². The van der Waals surface area contributed by atoms with Crippen molar-refractivity contribution < 1.29 is 24.2 Å². The number of carboxylic acid groups (broad SMARTS) is 1. The van der Waals surface area contributed by atoms with Crippen molar-refractivity contribution >= 4 is 17.8 Å². The summed E-state index contributed by atoms with van der Waals surface area (Å²) < 4.78 is 5.26. The van der Waals surface area contributed by atoms with Gasteiger partial charge >= 0.3 is 5.97 Å². The molecule has 1 saturated heterocycles. The van der Waals surface area contributed by atoms with Gasteiger partial charge in [-0.25, -0.2) is 0 Å². The van der Waals surface area contributed by atoms with E-state index in [1.54, 1.807) is 4.90 Å². The third-order valence-electron chi connectivity index (χ3n) is 4.25. The molecule has 7 nitrogen and oxygen atoms in total. The number of nitrogens with zero attached hydrogens (tertiary/aromatic N) is 1. The first-order valence-corrected chi connectivity index (χ1v) is 8.30. The number of hydrogen-bond acceptors (Lipinski definition) is 4. The van der Waals surface area contributed by atoms with Crippen LogP contribution in [0.3, 0.4) is 0 Å². The third-order valence-corrected chi connectivity index (χ3v) is 4.25. The van der Waals surface area contributed by atoms with Crippen LogP contribution in [0.4, 0.5) is 0 Å². The number of ether oxygens (including phenoxy) is 1. The fourth-order valence-electron chi connectivity index (χ4n) is 2.89. The first-order chi connectivity index (χ1) is 10.9. The van der Waals surface area contributed by atoms with Crippen LogP contribution >= 0.6 is 0 Å². The number of nitrogens with one attached hydrogen (secondary N) is 1. The van der Waals surface area contributed by atoms with Crippen molar-refractivity contribution in [2.75, 3.05) is 26.3 Å². The maximum Gasteiger partial charge on any atom is 0.305 e. The molecular weight excluding hydrogens is 300 g/mol. The minimum atomic E-state index is -0.927. The Kier molecular flexibility index (Phi) is 8.02. The van der Waals surface area contributed by atoms with Gasteiger partial charge in [0.25, 0.3) is 0 Å². The Labute approximate surface area is 137 Å². The van der Waals surface area contributed by atoms with E-state index >= 15 is 0 Å². The highest BCUT2D eigenvalue weighted by Gasteiger charge is 2.36. The standard InChI is InChI=1S/C16H28N2O5/c1-3-18(4-2)14(20)7-5-6-13(19)17-16(12-15(21)22)8-10-23-11-9-16/h3-12H2,1-2H3,(H,17,19)(H,21,22). The van der Waals surface area contributed by atoms with Crippen molar-refractivity contribution in [2.24, 2.45) is 0 Å². The molecule has 7 heteroatoms. The molecule has 0 unspecified atom stereocenters. The van der Waals surface area contributed by atoms with E-state index < -0.39 is 11.5 Å².